The summed E-state index contributed by atoms with van der Waals surface area (Å²) in [7, 11) is 1.20. The summed E-state index contributed by atoms with van der Waals surface area (Å²) in [6.07, 6.45) is -0.921. The van der Waals surface area contributed by atoms with Crippen molar-refractivity contribution in [1.82, 2.24) is 26.6 Å². The molecule has 4 rings (SSSR count). The molecule has 5 amide bonds. The van der Waals surface area contributed by atoms with Crippen molar-refractivity contribution in [3.05, 3.63) is 88.4 Å². The summed E-state index contributed by atoms with van der Waals surface area (Å²) in [5, 5.41) is 13.2. The standard InChI is InChI=1S/C40H48ClN5O9/c1-22-34(47)43-24(3)36(49)45-32(38(51)53-7)18-26-13-14-33(54-21-25-11-9-8-10-12-25)30(17-26)28-15-27(16-29(41)20-28)19-31(46-39(52)55-40(4,5)6)37(50)44-23(2)35(48)42-22/h8-17,20,22-24,31-32H,18-19,21H2,1-7H3,(H,42,48)(H,43,47)(H,44,50)(H,45,49)(H,46,52)/t22-,23-,24-,31-,32-/m0/s1. The lowest BCUT2D eigenvalue weighted by Gasteiger charge is -2.25. The molecular formula is C40H48ClN5O9. The van der Waals surface area contributed by atoms with Crippen molar-refractivity contribution < 1.29 is 43.0 Å². The van der Waals surface area contributed by atoms with Crippen molar-refractivity contribution in [2.45, 2.75) is 96.8 Å². The van der Waals surface area contributed by atoms with Crippen molar-refractivity contribution in [3.8, 4) is 16.9 Å². The molecule has 294 valence electrons. The highest BCUT2D eigenvalue weighted by atomic mass is 35.5. The Morgan fingerprint density at radius 3 is 1.96 bits per heavy atom. The number of halogens is 1. The molecule has 0 radical (unpaired) electrons. The summed E-state index contributed by atoms with van der Waals surface area (Å²) in [6.45, 7) is 9.54. The summed E-state index contributed by atoms with van der Waals surface area (Å²) < 4.78 is 16.7. The molecule has 5 N–H and O–H groups in total. The molecule has 0 aliphatic carbocycles. The van der Waals surface area contributed by atoms with Gasteiger partial charge in [0.1, 0.15) is 48.2 Å². The minimum atomic E-state index is -1.23. The fraction of sp³-hybridized carbons (Fsp3) is 0.400. The molecule has 15 heteroatoms. The van der Waals surface area contributed by atoms with E-state index in [-0.39, 0.29) is 19.4 Å². The van der Waals surface area contributed by atoms with Crippen LogP contribution in [0.15, 0.2) is 66.7 Å². The zero-order valence-electron chi connectivity index (χ0n) is 31.9. The topological polar surface area (TPSA) is 190 Å². The Morgan fingerprint density at radius 2 is 1.36 bits per heavy atom. The van der Waals surface area contributed by atoms with Gasteiger partial charge in [0.25, 0.3) is 0 Å². The molecule has 1 aliphatic rings. The van der Waals surface area contributed by atoms with Crippen LogP contribution >= 0.6 is 11.6 Å². The molecule has 0 saturated carbocycles. The fourth-order valence-corrected chi connectivity index (χ4v) is 5.92. The van der Waals surface area contributed by atoms with E-state index in [2.05, 4.69) is 26.6 Å². The van der Waals surface area contributed by atoms with Gasteiger partial charge in [-0.25, -0.2) is 9.59 Å². The van der Waals surface area contributed by atoms with Crippen LogP contribution in [0.3, 0.4) is 0 Å². The van der Waals surface area contributed by atoms with Crippen LogP contribution in [-0.2, 0) is 52.9 Å². The van der Waals surface area contributed by atoms with Crippen LogP contribution in [0, 0.1) is 0 Å². The van der Waals surface area contributed by atoms with Gasteiger partial charge in [0.2, 0.25) is 23.6 Å². The van der Waals surface area contributed by atoms with Gasteiger partial charge in [-0.05, 0) is 88.1 Å². The normalized spacial score (nSPS) is 21.3. The lowest BCUT2D eigenvalue weighted by molar-refractivity contribution is -0.145. The second-order valence-corrected chi connectivity index (χ2v) is 14.8. The maximum atomic E-state index is 13.7. The van der Waals surface area contributed by atoms with E-state index in [0.29, 0.717) is 33.0 Å². The lowest BCUT2D eigenvalue weighted by Crippen LogP contribution is -2.57. The van der Waals surface area contributed by atoms with E-state index >= 15 is 0 Å². The molecule has 0 aromatic heterocycles. The van der Waals surface area contributed by atoms with E-state index in [1.807, 2.05) is 30.3 Å². The zero-order chi connectivity index (χ0) is 40.4. The molecule has 1 heterocycles. The molecule has 14 nitrogen and oxygen atoms in total. The molecule has 0 spiro atoms. The number of esters is 1. The van der Waals surface area contributed by atoms with Crippen LogP contribution in [-0.4, -0.2) is 78.6 Å². The van der Waals surface area contributed by atoms with Crippen molar-refractivity contribution in [2.75, 3.05) is 7.11 Å². The summed E-state index contributed by atoms with van der Waals surface area (Å²) in [4.78, 5) is 79.0. The largest absolute Gasteiger partial charge is 0.488 e. The van der Waals surface area contributed by atoms with Gasteiger partial charge in [-0.15, -0.1) is 0 Å². The van der Waals surface area contributed by atoms with Crippen LogP contribution in [0.5, 0.6) is 5.75 Å². The second kappa shape index (κ2) is 18.6. The lowest BCUT2D eigenvalue weighted by atomic mass is 9.95. The van der Waals surface area contributed by atoms with Gasteiger partial charge in [-0.1, -0.05) is 54.1 Å². The van der Waals surface area contributed by atoms with E-state index < -0.39 is 71.5 Å². The van der Waals surface area contributed by atoms with Gasteiger partial charge in [0, 0.05) is 23.4 Å². The average molecular weight is 778 g/mol. The van der Waals surface area contributed by atoms with E-state index in [1.54, 1.807) is 57.2 Å². The van der Waals surface area contributed by atoms with Crippen molar-refractivity contribution in [1.29, 1.82) is 0 Å². The third kappa shape index (κ3) is 12.5. The minimum Gasteiger partial charge on any atom is -0.488 e. The maximum Gasteiger partial charge on any atom is 0.408 e. The Kier molecular flexibility index (Phi) is 14.3. The number of hydrogen-bond donors (Lipinski definition) is 5. The molecule has 0 fully saturated rings. The number of hydrogen-bond acceptors (Lipinski definition) is 9. The van der Waals surface area contributed by atoms with E-state index in [4.69, 9.17) is 25.8 Å². The number of benzene rings is 3. The fourth-order valence-electron chi connectivity index (χ4n) is 5.66. The molecule has 55 heavy (non-hydrogen) atoms. The molecule has 3 aromatic rings. The number of alkyl carbamates (subject to hydrolysis) is 1. The predicted molar refractivity (Wildman–Crippen MR) is 205 cm³/mol. The van der Waals surface area contributed by atoms with Crippen molar-refractivity contribution >= 4 is 47.3 Å². The van der Waals surface area contributed by atoms with E-state index in [0.717, 1.165) is 5.56 Å². The number of amides is 5. The molecule has 4 bridgehead atoms. The van der Waals surface area contributed by atoms with Gasteiger partial charge in [0.05, 0.1) is 7.11 Å². The maximum absolute atomic E-state index is 13.7. The Hall–Kier alpha value is -5.63. The monoisotopic (exact) mass is 777 g/mol. The summed E-state index contributed by atoms with van der Waals surface area (Å²) in [5.41, 5.74) is 2.38. The molecule has 5 atom stereocenters. The Morgan fingerprint density at radius 1 is 0.764 bits per heavy atom. The average Bonchev–Trinajstić information content (AvgIpc) is 3.12. The zero-order valence-corrected chi connectivity index (χ0v) is 32.7. The number of ether oxygens (including phenoxy) is 3. The van der Waals surface area contributed by atoms with Crippen LogP contribution in [0.25, 0.3) is 11.1 Å². The SMILES string of the molecule is COC(=O)[C@@H]1Cc2ccc(OCc3ccccc3)c(c2)-c2cc(Cl)cc(c2)C[C@H](NC(=O)OC(C)(C)C)C(=O)N[C@@H](C)C(=O)N[C@@H](C)C(=O)N[C@@H](C)C(=O)N1. The number of carbonyl (C=O) groups excluding carboxylic acids is 6. The first-order chi connectivity index (χ1) is 25.9. The third-order valence-corrected chi connectivity index (χ3v) is 8.71. The molecular weight excluding hydrogens is 730 g/mol. The number of carbonyl (C=O) groups is 6. The highest BCUT2D eigenvalue weighted by Crippen LogP contribution is 2.35. The first-order valence-electron chi connectivity index (χ1n) is 17.8. The van der Waals surface area contributed by atoms with Gasteiger partial charge in [-0.2, -0.15) is 0 Å². The number of rotatable bonds is 5. The summed E-state index contributed by atoms with van der Waals surface area (Å²) >= 11 is 6.70. The number of nitrogens with one attached hydrogen (secondary N) is 5. The van der Waals surface area contributed by atoms with E-state index in [9.17, 15) is 28.8 Å². The highest BCUT2D eigenvalue weighted by Gasteiger charge is 2.30. The number of fused-ring (bicyclic) bond motifs is 5. The Labute approximate surface area is 325 Å². The van der Waals surface area contributed by atoms with E-state index in [1.165, 1.54) is 27.9 Å². The minimum absolute atomic E-state index is 0.00483. The molecule has 3 aromatic carbocycles. The van der Waals surface area contributed by atoms with Gasteiger partial charge in [0.15, 0.2) is 0 Å². The highest BCUT2D eigenvalue weighted by molar-refractivity contribution is 6.31. The smallest absolute Gasteiger partial charge is 0.408 e. The quantitative estimate of drug-likeness (QED) is 0.240. The number of methoxy groups -OCH3 is 1. The predicted octanol–water partition coefficient (Wildman–Crippen LogP) is 3.75. The van der Waals surface area contributed by atoms with Gasteiger partial charge in [-0.3, -0.25) is 19.2 Å². The van der Waals surface area contributed by atoms with Crippen molar-refractivity contribution in [3.63, 3.8) is 0 Å². The van der Waals surface area contributed by atoms with Crippen molar-refractivity contribution in [2.24, 2.45) is 0 Å². The third-order valence-electron chi connectivity index (χ3n) is 8.50. The summed E-state index contributed by atoms with van der Waals surface area (Å²) in [6, 6.07) is 14.2. The van der Waals surface area contributed by atoms with Crippen LogP contribution in [0.4, 0.5) is 4.79 Å². The van der Waals surface area contributed by atoms with Crippen LogP contribution in [0.2, 0.25) is 5.02 Å². The summed E-state index contributed by atoms with van der Waals surface area (Å²) in [5.74, 6) is -2.99. The first-order valence-corrected chi connectivity index (χ1v) is 18.2. The van der Waals surface area contributed by atoms with Crippen LogP contribution < -0.4 is 31.3 Å². The molecule has 0 saturated heterocycles. The van der Waals surface area contributed by atoms with Gasteiger partial charge >= 0.3 is 12.1 Å². The molecule has 0 unspecified atom stereocenters. The van der Waals surface area contributed by atoms with Crippen LogP contribution in [0.1, 0.15) is 58.2 Å². The second-order valence-electron chi connectivity index (χ2n) is 14.3. The Bertz CT molecular complexity index is 1900. The first kappa shape index (κ1) is 42.1. The molecule has 1 aliphatic heterocycles. The van der Waals surface area contributed by atoms with Gasteiger partial charge < -0.3 is 40.8 Å². The Balaban J connectivity index is 1.83.